The minimum absolute atomic E-state index is 0.297. The molecule has 3 nitrogen and oxygen atoms in total. The summed E-state index contributed by atoms with van der Waals surface area (Å²) in [6, 6.07) is 5.78. The number of hydrogen-bond donors (Lipinski definition) is 1. The fraction of sp³-hybridized carbons (Fsp3) is 0.500. The number of hydrogen-bond acceptors (Lipinski definition) is 3. The summed E-state index contributed by atoms with van der Waals surface area (Å²) in [7, 11) is 1.61. The van der Waals surface area contributed by atoms with E-state index in [9.17, 15) is 0 Å². The Morgan fingerprint density at radius 3 is 2.88 bits per heavy atom. The summed E-state index contributed by atoms with van der Waals surface area (Å²) < 4.78 is 10.9. The number of rotatable bonds is 2. The highest BCUT2D eigenvalue weighted by atomic mass is 35.5. The first kappa shape index (κ1) is 11.7. The Morgan fingerprint density at radius 1 is 1.50 bits per heavy atom. The van der Waals surface area contributed by atoms with Crippen LogP contribution in [0.3, 0.4) is 0 Å². The Kier molecular flexibility index (Phi) is 3.38. The van der Waals surface area contributed by atoms with E-state index in [1.807, 2.05) is 18.2 Å². The molecule has 1 aromatic carbocycles. The van der Waals surface area contributed by atoms with Crippen molar-refractivity contribution in [1.82, 2.24) is 5.32 Å². The lowest BCUT2D eigenvalue weighted by Crippen LogP contribution is -2.45. The van der Waals surface area contributed by atoms with Gasteiger partial charge in [-0.2, -0.15) is 0 Å². The summed E-state index contributed by atoms with van der Waals surface area (Å²) in [5.41, 5.74) is 0.777. The zero-order valence-corrected chi connectivity index (χ0v) is 10.3. The fourth-order valence-electron chi connectivity index (χ4n) is 1.91. The molecule has 1 aliphatic heterocycles. The molecule has 1 fully saturated rings. The van der Waals surface area contributed by atoms with Gasteiger partial charge in [-0.3, -0.25) is 0 Å². The van der Waals surface area contributed by atoms with E-state index in [4.69, 9.17) is 21.1 Å². The molecule has 0 amide bonds. The molecule has 0 saturated carbocycles. The molecule has 1 heterocycles. The highest BCUT2D eigenvalue weighted by Gasteiger charge is 2.30. The van der Waals surface area contributed by atoms with Crippen molar-refractivity contribution in [3.05, 3.63) is 28.8 Å². The minimum atomic E-state index is -0.297. The van der Waals surface area contributed by atoms with Crippen LogP contribution in [-0.4, -0.2) is 26.8 Å². The van der Waals surface area contributed by atoms with Gasteiger partial charge in [0.15, 0.2) is 0 Å². The van der Waals surface area contributed by atoms with E-state index in [1.54, 1.807) is 7.11 Å². The van der Waals surface area contributed by atoms with Gasteiger partial charge in [0.1, 0.15) is 11.4 Å². The monoisotopic (exact) mass is 241 g/mol. The van der Waals surface area contributed by atoms with Gasteiger partial charge < -0.3 is 14.8 Å². The Morgan fingerprint density at radius 2 is 2.31 bits per heavy atom. The molecule has 0 aliphatic carbocycles. The lowest BCUT2D eigenvalue weighted by Gasteiger charge is -2.35. The van der Waals surface area contributed by atoms with E-state index < -0.39 is 0 Å². The highest BCUT2D eigenvalue weighted by molar-refractivity contribution is 6.32. The molecule has 1 unspecified atom stereocenters. The van der Waals surface area contributed by atoms with E-state index in [1.165, 1.54) is 0 Å². The van der Waals surface area contributed by atoms with Gasteiger partial charge in [0, 0.05) is 13.1 Å². The zero-order valence-electron chi connectivity index (χ0n) is 9.55. The van der Waals surface area contributed by atoms with Crippen molar-refractivity contribution in [2.45, 2.75) is 12.5 Å². The number of halogens is 1. The molecule has 1 aromatic rings. The van der Waals surface area contributed by atoms with E-state index >= 15 is 0 Å². The van der Waals surface area contributed by atoms with Crippen LogP contribution in [0.15, 0.2) is 18.2 Å². The topological polar surface area (TPSA) is 30.5 Å². The Bertz CT molecular complexity index is 375. The molecular weight excluding hydrogens is 226 g/mol. The lowest BCUT2D eigenvalue weighted by molar-refractivity contribution is -0.0572. The largest absolute Gasteiger partial charge is 0.495 e. The van der Waals surface area contributed by atoms with Crippen LogP contribution in [0.1, 0.15) is 12.5 Å². The third-order valence-electron chi connectivity index (χ3n) is 2.92. The predicted molar refractivity (Wildman–Crippen MR) is 64.2 cm³/mol. The van der Waals surface area contributed by atoms with E-state index in [0.717, 1.165) is 25.3 Å². The normalized spacial score (nSPS) is 25.4. The van der Waals surface area contributed by atoms with Crippen LogP contribution >= 0.6 is 11.6 Å². The number of morpholine rings is 1. The number of nitrogens with one attached hydrogen (secondary N) is 1. The Balaban J connectivity index is 2.29. The van der Waals surface area contributed by atoms with Gasteiger partial charge >= 0.3 is 0 Å². The third-order valence-corrected chi connectivity index (χ3v) is 3.22. The van der Waals surface area contributed by atoms with Gasteiger partial charge in [-0.15, -0.1) is 0 Å². The van der Waals surface area contributed by atoms with Crippen molar-refractivity contribution < 1.29 is 9.47 Å². The third kappa shape index (κ3) is 2.17. The molecule has 0 spiro atoms. The van der Waals surface area contributed by atoms with Gasteiger partial charge in [0.05, 0.1) is 18.7 Å². The second-order valence-corrected chi connectivity index (χ2v) is 4.51. The molecule has 16 heavy (non-hydrogen) atoms. The molecule has 1 aliphatic rings. The van der Waals surface area contributed by atoms with Gasteiger partial charge in [-0.05, 0) is 24.6 Å². The van der Waals surface area contributed by atoms with Crippen molar-refractivity contribution in [3.8, 4) is 5.75 Å². The van der Waals surface area contributed by atoms with E-state index in [0.29, 0.717) is 10.8 Å². The molecule has 1 N–H and O–H groups in total. The van der Waals surface area contributed by atoms with E-state index in [-0.39, 0.29) is 5.60 Å². The fourth-order valence-corrected chi connectivity index (χ4v) is 2.16. The van der Waals surface area contributed by atoms with Crippen LogP contribution in [0.25, 0.3) is 0 Å². The minimum Gasteiger partial charge on any atom is -0.495 e. The standard InChI is InChI=1S/C12H16ClNO2/c1-12(8-14-5-6-16-12)9-3-4-11(15-2)10(13)7-9/h3-4,7,14H,5-6,8H2,1-2H3. The summed E-state index contributed by atoms with van der Waals surface area (Å²) in [6.45, 7) is 4.49. The van der Waals surface area contributed by atoms with Crippen LogP contribution in [0.4, 0.5) is 0 Å². The molecule has 1 saturated heterocycles. The van der Waals surface area contributed by atoms with Gasteiger partial charge in [0.2, 0.25) is 0 Å². The summed E-state index contributed by atoms with van der Waals surface area (Å²) in [5.74, 6) is 0.692. The molecule has 0 aromatic heterocycles. The predicted octanol–water partition coefficient (Wildman–Crippen LogP) is 2.18. The lowest BCUT2D eigenvalue weighted by atomic mass is 9.94. The number of benzene rings is 1. The second-order valence-electron chi connectivity index (χ2n) is 4.11. The quantitative estimate of drug-likeness (QED) is 0.861. The first-order valence-electron chi connectivity index (χ1n) is 5.34. The molecule has 4 heteroatoms. The summed E-state index contributed by atoms with van der Waals surface area (Å²) in [5, 5.41) is 3.94. The van der Waals surface area contributed by atoms with Crippen LogP contribution < -0.4 is 10.1 Å². The summed E-state index contributed by atoms with van der Waals surface area (Å²) >= 11 is 6.11. The van der Waals surface area contributed by atoms with Crippen LogP contribution in [0.5, 0.6) is 5.75 Å². The maximum absolute atomic E-state index is 6.11. The number of methoxy groups -OCH3 is 1. The molecular formula is C12H16ClNO2. The van der Waals surface area contributed by atoms with Gasteiger partial charge in [-0.1, -0.05) is 17.7 Å². The average molecular weight is 242 g/mol. The number of ether oxygens (including phenoxy) is 2. The average Bonchev–Trinajstić information content (AvgIpc) is 2.30. The van der Waals surface area contributed by atoms with Crippen LogP contribution in [0.2, 0.25) is 5.02 Å². The maximum atomic E-state index is 6.11. The molecule has 2 rings (SSSR count). The highest BCUT2D eigenvalue weighted by Crippen LogP contribution is 2.32. The van der Waals surface area contributed by atoms with E-state index in [2.05, 4.69) is 12.2 Å². The SMILES string of the molecule is COc1ccc(C2(C)CNCCO2)cc1Cl. The Hall–Kier alpha value is -0.770. The van der Waals surface area contributed by atoms with Crippen LogP contribution in [0, 0.1) is 0 Å². The smallest absolute Gasteiger partial charge is 0.137 e. The molecule has 88 valence electrons. The molecule has 0 bridgehead atoms. The summed E-state index contributed by atoms with van der Waals surface area (Å²) in [4.78, 5) is 0. The zero-order chi connectivity index (χ0) is 11.6. The van der Waals surface area contributed by atoms with Crippen molar-refractivity contribution in [2.75, 3.05) is 26.8 Å². The molecule has 0 radical (unpaired) electrons. The molecule has 1 atom stereocenters. The van der Waals surface area contributed by atoms with Crippen LogP contribution in [-0.2, 0) is 10.3 Å². The van der Waals surface area contributed by atoms with Gasteiger partial charge in [-0.25, -0.2) is 0 Å². The van der Waals surface area contributed by atoms with Crippen molar-refractivity contribution in [3.63, 3.8) is 0 Å². The summed E-state index contributed by atoms with van der Waals surface area (Å²) in [6.07, 6.45) is 0. The van der Waals surface area contributed by atoms with Crippen molar-refractivity contribution >= 4 is 11.6 Å². The van der Waals surface area contributed by atoms with Crippen molar-refractivity contribution in [2.24, 2.45) is 0 Å². The second kappa shape index (κ2) is 4.62. The Labute approximate surface area is 101 Å². The first-order chi connectivity index (χ1) is 7.65. The van der Waals surface area contributed by atoms with Gasteiger partial charge in [0.25, 0.3) is 0 Å². The van der Waals surface area contributed by atoms with Crippen molar-refractivity contribution in [1.29, 1.82) is 0 Å². The maximum Gasteiger partial charge on any atom is 0.137 e. The first-order valence-corrected chi connectivity index (χ1v) is 5.72.